The highest BCUT2D eigenvalue weighted by atomic mass is 16.5. The van der Waals surface area contributed by atoms with Gasteiger partial charge >= 0.3 is 17.9 Å². The highest BCUT2D eigenvalue weighted by Gasteiger charge is 2.10. The smallest absolute Gasteiger partial charge is 0.317 e. The van der Waals surface area contributed by atoms with Crippen LogP contribution in [0.5, 0.6) is 0 Å². The summed E-state index contributed by atoms with van der Waals surface area (Å²) in [6, 6.07) is 0. The van der Waals surface area contributed by atoms with Crippen molar-refractivity contribution in [1.29, 1.82) is 0 Å². The van der Waals surface area contributed by atoms with Gasteiger partial charge in [0.05, 0.1) is 6.54 Å². The van der Waals surface area contributed by atoms with Crippen LogP contribution in [0.15, 0.2) is 0 Å². The summed E-state index contributed by atoms with van der Waals surface area (Å²) in [5.41, 5.74) is 0. The molecule has 0 unspecified atom stereocenters. The molecule has 0 fully saturated rings. The van der Waals surface area contributed by atoms with Crippen molar-refractivity contribution in [1.82, 2.24) is 4.90 Å². The number of carboxylic acids is 1. The number of nitrogens with zero attached hydrogens (tertiary/aromatic N) is 1. The molecule has 0 heterocycles. The van der Waals surface area contributed by atoms with Crippen LogP contribution in [-0.2, 0) is 23.9 Å². The first-order valence-corrected chi connectivity index (χ1v) is 5.12. The van der Waals surface area contributed by atoms with E-state index in [-0.39, 0.29) is 32.8 Å². The average molecular weight is 247 g/mol. The molecule has 0 aliphatic heterocycles. The Morgan fingerprint density at radius 1 is 1.00 bits per heavy atom. The first-order chi connectivity index (χ1) is 7.91. The van der Waals surface area contributed by atoms with Crippen molar-refractivity contribution in [3.05, 3.63) is 0 Å². The van der Waals surface area contributed by atoms with E-state index in [4.69, 9.17) is 14.6 Å². The molecule has 0 amide bonds. The maximum absolute atomic E-state index is 10.5. The number of aliphatic carboxylic acids is 1. The van der Waals surface area contributed by atoms with Gasteiger partial charge in [0.1, 0.15) is 13.2 Å². The highest BCUT2D eigenvalue weighted by Crippen LogP contribution is 1.91. The number of ether oxygens (including phenoxy) is 2. The van der Waals surface area contributed by atoms with E-state index in [0.29, 0.717) is 0 Å². The number of hydrogen-bond donors (Lipinski definition) is 1. The normalized spacial score (nSPS) is 10.1. The van der Waals surface area contributed by atoms with E-state index in [9.17, 15) is 14.4 Å². The first kappa shape index (κ1) is 15.4. The number of carbonyl (C=O) groups excluding carboxylic acids is 2. The predicted molar refractivity (Wildman–Crippen MR) is 57.3 cm³/mol. The largest absolute Gasteiger partial charge is 0.480 e. The third-order valence-electron chi connectivity index (χ3n) is 1.78. The number of carbonyl (C=O) groups is 3. The lowest BCUT2D eigenvalue weighted by Crippen LogP contribution is -2.36. The van der Waals surface area contributed by atoms with Crippen LogP contribution >= 0.6 is 0 Å². The first-order valence-electron chi connectivity index (χ1n) is 5.12. The van der Waals surface area contributed by atoms with Crippen molar-refractivity contribution in [2.24, 2.45) is 0 Å². The predicted octanol–water partition coefficient (Wildman–Crippen LogP) is -0.501. The van der Waals surface area contributed by atoms with Crippen LogP contribution in [-0.4, -0.2) is 60.8 Å². The fraction of sp³-hybridized carbons (Fsp3) is 0.700. The van der Waals surface area contributed by atoms with Crippen LogP contribution < -0.4 is 0 Å². The van der Waals surface area contributed by atoms with Crippen molar-refractivity contribution in [2.75, 3.05) is 32.8 Å². The van der Waals surface area contributed by atoms with Crippen LogP contribution in [0.25, 0.3) is 0 Å². The van der Waals surface area contributed by atoms with Gasteiger partial charge in [-0.15, -0.1) is 0 Å². The molecular weight excluding hydrogens is 230 g/mol. The second-order valence-electron chi connectivity index (χ2n) is 3.35. The lowest BCUT2D eigenvalue weighted by atomic mass is 10.4. The topological polar surface area (TPSA) is 93.1 Å². The Kier molecular flexibility index (Phi) is 7.70. The van der Waals surface area contributed by atoms with Crippen molar-refractivity contribution in [2.45, 2.75) is 13.8 Å². The van der Waals surface area contributed by atoms with Gasteiger partial charge in [-0.3, -0.25) is 19.3 Å². The standard InChI is InChI=1S/C10H17NO6/c1-8(12)16-5-3-11(7-10(14)15)4-6-17-9(2)13/h3-7H2,1-2H3,(H,14,15). The minimum atomic E-state index is -0.990. The number of hydrogen-bond acceptors (Lipinski definition) is 6. The van der Waals surface area contributed by atoms with Gasteiger partial charge in [0, 0.05) is 26.9 Å². The zero-order chi connectivity index (χ0) is 13.3. The average Bonchev–Trinajstić information content (AvgIpc) is 2.15. The molecule has 17 heavy (non-hydrogen) atoms. The molecule has 0 rings (SSSR count). The zero-order valence-corrected chi connectivity index (χ0v) is 9.97. The molecular formula is C10H17NO6. The lowest BCUT2D eigenvalue weighted by Gasteiger charge is -2.19. The molecule has 0 bridgehead atoms. The Labute approximate surface area is 99.3 Å². The fourth-order valence-corrected chi connectivity index (χ4v) is 1.10. The van der Waals surface area contributed by atoms with E-state index in [1.54, 1.807) is 0 Å². The van der Waals surface area contributed by atoms with Gasteiger partial charge in [-0.2, -0.15) is 0 Å². The Balaban J connectivity index is 3.91. The van der Waals surface area contributed by atoms with E-state index in [2.05, 4.69) is 0 Å². The maximum Gasteiger partial charge on any atom is 0.317 e. The van der Waals surface area contributed by atoms with Crippen LogP contribution in [0.3, 0.4) is 0 Å². The van der Waals surface area contributed by atoms with Crippen LogP contribution in [0, 0.1) is 0 Å². The Morgan fingerprint density at radius 2 is 1.41 bits per heavy atom. The van der Waals surface area contributed by atoms with Crippen molar-refractivity contribution in [3.63, 3.8) is 0 Å². The second kappa shape index (κ2) is 8.51. The Bertz CT molecular complexity index is 258. The Hall–Kier alpha value is -1.63. The Morgan fingerprint density at radius 3 is 1.71 bits per heavy atom. The summed E-state index contributed by atoms with van der Waals surface area (Å²) in [6.45, 7) is 3.16. The zero-order valence-electron chi connectivity index (χ0n) is 9.97. The highest BCUT2D eigenvalue weighted by molar-refractivity contribution is 5.69. The molecule has 1 N–H and O–H groups in total. The summed E-state index contributed by atoms with van der Waals surface area (Å²) in [5.74, 6) is -1.82. The molecule has 0 aromatic rings. The second-order valence-corrected chi connectivity index (χ2v) is 3.35. The maximum atomic E-state index is 10.5. The molecule has 0 aliphatic carbocycles. The summed E-state index contributed by atoms with van der Waals surface area (Å²) in [7, 11) is 0. The van der Waals surface area contributed by atoms with Crippen molar-refractivity contribution in [3.8, 4) is 0 Å². The monoisotopic (exact) mass is 247 g/mol. The molecule has 0 saturated heterocycles. The number of rotatable bonds is 8. The van der Waals surface area contributed by atoms with Gasteiger partial charge in [0.15, 0.2) is 0 Å². The molecule has 0 aromatic carbocycles. The third kappa shape index (κ3) is 10.6. The third-order valence-corrected chi connectivity index (χ3v) is 1.78. The minimum Gasteiger partial charge on any atom is -0.480 e. The number of esters is 2. The molecule has 7 nitrogen and oxygen atoms in total. The molecule has 0 atom stereocenters. The molecule has 98 valence electrons. The molecule has 0 spiro atoms. The fourth-order valence-electron chi connectivity index (χ4n) is 1.10. The van der Waals surface area contributed by atoms with E-state index in [0.717, 1.165) is 0 Å². The summed E-state index contributed by atoms with van der Waals surface area (Å²) < 4.78 is 9.40. The van der Waals surface area contributed by atoms with E-state index >= 15 is 0 Å². The van der Waals surface area contributed by atoms with E-state index < -0.39 is 17.9 Å². The van der Waals surface area contributed by atoms with Gasteiger partial charge in [-0.1, -0.05) is 0 Å². The summed E-state index contributed by atoms with van der Waals surface area (Å²) >= 11 is 0. The summed E-state index contributed by atoms with van der Waals surface area (Å²) in [5, 5.41) is 8.64. The van der Waals surface area contributed by atoms with Gasteiger partial charge < -0.3 is 14.6 Å². The minimum absolute atomic E-state index is 0.114. The van der Waals surface area contributed by atoms with Gasteiger partial charge in [-0.25, -0.2) is 0 Å². The summed E-state index contributed by atoms with van der Waals surface area (Å²) in [4.78, 5) is 33.1. The quantitative estimate of drug-likeness (QED) is 0.578. The number of carboxylic acid groups (broad SMARTS) is 1. The van der Waals surface area contributed by atoms with Crippen LogP contribution in [0.4, 0.5) is 0 Å². The van der Waals surface area contributed by atoms with Gasteiger partial charge in [-0.05, 0) is 0 Å². The van der Waals surface area contributed by atoms with Gasteiger partial charge in [0.25, 0.3) is 0 Å². The van der Waals surface area contributed by atoms with Crippen LogP contribution in [0.2, 0.25) is 0 Å². The molecule has 0 radical (unpaired) electrons. The molecule has 7 heteroatoms. The van der Waals surface area contributed by atoms with Crippen molar-refractivity contribution >= 4 is 17.9 Å². The van der Waals surface area contributed by atoms with Gasteiger partial charge in [0.2, 0.25) is 0 Å². The lowest BCUT2D eigenvalue weighted by molar-refractivity contribution is -0.142. The molecule has 0 saturated carbocycles. The SMILES string of the molecule is CC(=O)OCCN(CCOC(C)=O)CC(=O)O. The van der Waals surface area contributed by atoms with Crippen molar-refractivity contribution < 1.29 is 29.0 Å². The van der Waals surface area contributed by atoms with E-state index in [1.807, 2.05) is 0 Å². The molecule has 0 aromatic heterocycles. The summed E-state index contributed by atoms with van der Waals surface area (Å²) in [6.07, 6.45) is 0. The van der Waals surface area contributed by atoms with Crippen LogP contribution in [0.1, 0.15) is 13.8 Å². The van der Waals surface area contributed by atoms with E-state index in [1.165, 1.54) is 18.7 Å². The molecule has 0 aliphatic rings.